The van der Waals surface area contributed by atoms with Gasteiger partial charge >= 0.3 is 29.0 Å². The minimum atomic E-state index is -6.36. The van der Waals surface area contributed by atoms with Gasteiger partial charge < -0.3 is 64.7 Å². The molecule has 0 bridgehead atoms. The summed E-state index contributed by atoms with van der Waals surface area (Å²) in [5.74, 6) is -0.692. The van der Waals surface area contributed by atoms with Crippen LogP contribution in [0, 0.1) is 0 Å². The maximum Gasteiger partial charge on any atom is 0.465 e. The van der Waals surface area contributed by atoms with Crippen LogP contribution in [0.1, 0.15) is 6.23 Å². The van der Waals surface area contributed by atoms with Gasteiger partial charge in [-0.15, -0.1) is 4.58 Å². The lowest BCUT2D eigenvalue weighted by Crippen LogP contribution is -2.39. The molecule has 6 unspecified atom stereocenters. The van der Waals surface area contributed by atoms with E-state index in [1.807, 2.05) is 0 Å². The number of hydrogen-bond donors (Lipinski definition) is 7. The van der Waals surface area contributed by atoms with Crippen LogP contribution >= 0.6 is 23.5 Å². The molecule has 0 amide bonds. The number of aliphatic hydroxyl groups excluding tert-OH is 3. The zero-order chi connectivity index (χ0) is 38.8. The number of nitrogens with two attached hydrogens (primary N) is 2. The molecule has 0 saturated carbocycles. The third-order valence-corrected chi connectivity index (χ3v) is 11.9. The Morgan fingerprint density at radius 2 is 1.53 bits per heavy atom. The van der Waals surface area contributed by atoms with Gasteiger partial charge in [-0.05, 0) is 0 Å². The van der Waals surface area contributed by atoms with E-state index < -0.39 is 96.9 Å². The molecule has 3 aliphatic rings. The van der Waals surface area contributed by atoms with Crippen LogP contribution in [-0.4, -0.2) is 130 Å². The minimum Gasteiger partial charge on any atom is -0.756 e. The van der Waals surface area contributed by atoms with E-state index in [-0.39, 0.29) is 34.6 Å². The summed E-state index contributed by atoms with van der Waals surface area (Å²) in [4.78, 5) is 77.7. The Kier molecular flexibility index (Phi) is 10.5. The van der Waals surface area contributed by atoms with E-state index in [1.54, 1.807) is 0 Å². The number of fused-ring (bicyclic) bond motifs is 2. The number of aliphatic hydroxyl groups is 3. The monoisotopic (exact) mass is 813 g/mol. The smallest absolute Gasteiger partial charge is 0.465 e. The number of phosphoric ester groups is 2. The van der Waals surface area contributed by atoms with E-state index in [2.05, 4.69) is 48.6 Å². The molecule has 3 aliphatic heterocycles. The van der Waals surface area contributed by atoms with Gasteiger partial charge in [-0.1, -0.05) is 4.58 Å². The van der Waals surface area contributed by atoms with Gasteiger partial charge in [0, 0.05) is 7.11 Å². The van der Waals surface area contributed by atoms with Gasteiger partial charge in [0.05, 0.1) is 24.5 Å². The quantitative estimate of drug-likeness (QED) is 0.0624. The molecule has 6 rings (SSSR count). The number of methoxy groups -OCH3 is 1. The van der Waals surface area contributed by atoms with Crippen LogP contribution in [0.5, 0.6) is 0 Å². The van der Waals surface area contributed by atoms with Crippen molar-refractivity contribution in [2.24, 2.45) is 0 Å². The average molecular weight is 813 g/mol. The molecular formula is C22H28N10O18P3-. The van der Waals surface area contributed by atoms with E-state index >= 15 is 0 Å². The first-order chi connectivity index (χ1) is 24.7. The lowest BCUT2D eigenvalue weighted by molar-refractivity contribution is -0.552. The van der Waals surface area contributed by atoms with E-state index in [0.717, 1.165) is 22.6 Å². The first-order valence-electron chi connectivity index (χ1n) is 14.6. The second-order valence-electron chi connectivity index (χ2n) is 11.3. The summed E-state index contributed by atoms with van der Waals surface area (Å²) in [6.07, 6.45) is -11.7. The molecule has 2 saturated heterocycles. The van der Waals surface area contributed by atoms with Crippen LogP contribution in [-0.2, 0) is 45.6 Å². The molecule has 2 fully saturated rings. The fourth-order valence-electron chi connectivity index (χ4n) is 5.60. The number of imidazole rings is 1. The van der Waals surface area contributed by atoms with Crippen molar-refractivity contribution in [2.75, 3.05) is 38.8 Å². The van der Waals surface area contributed by atoms with Crippen molar-refractivity contribution in [1.82, 2.24) is 29.5 Å². The summed E-state index contributed by atoms with van der Waals surface area (Å²) in [6, 6.07) is 2.69. The van der Waals surface area contributed by atoms with E-state index in [9.17, 15) is 53.3 Å². The van der Waals surface area contributed by atoms with Crippen molar-refractivity contribution in [3.63, 3.8) is 0 Å². The highest BCUT2D eigenvalue weighted by Crippen LogP contribution is 2.63. The Balaban J connectivity index is 1.05. The van der Waals surface area contributed by atoms with Crippen molar-refractivity contribution >= 4 is 64.0 Å². The molecule has 11 atom stereocenters. The molecule has 0 aliphatic carbocycles. The minimum absolute atomic E-state index is 0.0220. The molecule has 290 valence electrons. The average Bonchev–Trinajstić information content (AvgIpc) is 3.76. The Labute approximate surface area is 293 Å². The van der Waals surface area contributed by atoms with Crippen molar-refractivity contribution in [2.45, 2.75) is 49.1 Å². The number of aromatic nitrogens is 6. The number of H-pyrrole nitrogens is 2. The van der Waals surface area contributed by atoms with Crippen LogP contribution in [0.2, 0.25) is 0 Å². The van der Waals surface area contributed by atoms with Crippen LogP contribution in [0.25, 0.3) is 11.2 Å². The first-order valence-corrected chi connectivity index (χ1v) is 19.0. The molecule has 0 aromatic carbocycles. The van der Waals surface area contributed by atoms with Gasteiger partial charge in [-0.25, -0.2) is 13.6 Å². The number of rotatable bonds is 13. The molecular weight excluding hydrogens is 785 g/mol. The summed E-state index contributed by atoms with van der Waals surface area (Å²) in [7, 11) is -15.8. The second kappa shape index (κ2) is 14.2. The number of nitrogens with zero attached hydrogens (tertiary/aromatic N) is 6. The predicted octanol–water partition coefficient (Wildman–Crippen LogP) is -5.64. The van der Waals surface area contributed by atoms with Gasteiger partial charge in [0.25, 0.3) is 35.3 Å². The molecule has 3 aromatic rings. The number of anilines is 2. The van der Waals surface area contributed by atoms with Crippen molar-refractivity contribution < 1.29 is 84.7 Å². The Bertz CT molecular complexity index is 2280. The summed E-state index contributed by atoms with van der Waals surface area (Å²) in [5.41, 5.74) is 9.36. The third-order valence-electron chi connectivity index (χ3n) is 7.81. The van der Waals surface area contributed by atoms with Crippen LogP contribution < -0.4 is 37.3 Å². The number of ether oxygens (including phenoxy) is 3. The van der Waals surface area contributed by atoms with E-state index in [0.29, 0.717) is 0 Å². The van der Waals surface area contributed by atoms with Crippen molar-refractivity contribution in [3.05, 3.63) is 27.0 Å². The van der Waals surface area contributed by atoms with Gasteiger partial charge in [0.2, 0.25) is 5.95 Å². The zero-order valence-electron chi connectivity index (χ0n) is 26.8. The van der Waals surface area contributed by atoms with Gasteiger partial charge in [-0.2, -0.15) is 4.98 Å². The van der Waals surface area contributed by atoms with Crippen LogP contribution in [0.4, 0.5) is 23.4 Å². The lowest BCUT2D eigenvalue weighted by atomic mass is 10.1. The standard InChI is InChI=1S/C22H29N10O18P3/c1-30-6-32(16-10(30)18(37)29-22(24)27-16)20-13(35)14(44-2)8(48-20)4-46-52(40,41)50-53(42,43)49-51(38,39)45-3-7-11(33)12(34)19(47-7)31-5-25-9-15(31)26-21(23)28-17(9)36/h5,7-8,11-14,19-20,33-35H,3-4H2,1-2H3,(H7-2,23,24,26,27,28,29,36,37,38,39,40,41,42,43)/p-1/t7-,8-,11+,12?,13?,14?,19-,20-/m1/s1. The van der Waals surface area contributed by atoms with Gasteiger partial charge in [-0.3, -0.25) is 37.8 Å². The van der Waals surface area contributed by atoms with Crippen LogP contribution in [0.15, 0.2) is 15.9 Å². The molecule has 6 heterocycles. The maximum atomic E-state index is 12.4. The zero-order valence-corrected chi connectivity index (χ0v) is 29.4. The lowest BCUT2D eigenvalue weighted by Gasteiger charge is -2.35. The Morgan fingerprint density at radius 1 is 0.925 bits per heavy atom. The number of hydrogen-bond acceptors (Lipinski definition) is 23. The van der Waals surface area contributed by atoms with Crippen molar-refractivity contribution in [1.29, 1.82) is 0 Å². The molecule has 53 heavy (non-hydrogen) atoms. The number of aromatic amines is 2. The number of phosphoric acid groups is 3. The highest BCUT2D eigenvalue weighted by atomic mass is 31.3. The van der Waals surface area contributed by atoms with Crippen LogP contribution in [0.3, 0.4) is 0 Å². The molecule has 9 N–H and O–H groups in total. The molecule has 0 radical (unpaired) electrons. The van der Waals surface area contributed by atoms with Gasteiger partial charge in [0.1, 0.15) is 37.6 Å². The molecule has 28 nitrogen and oxygen atoms in total. The SMILES string of the molecule is COC1C(O)[C@H]([N+]2=C=[N+](C)c3c2nc(N)[nH]c3=O)O[C@@H]1COP(=O)([O-])OP(=O)([O-])OP(=O)([O-])OC[C@H]1O[C@@H](n2cnc3c(=O)[nH]c(N)nc32)C(O)[C@H]1O. The largest absolute Gasteiger partial charge is 0.756 e. The number of nitrogens with one attached hydrogen (secondary N) is 2. The Hall–Kier alpha value is -3.62. The highest BCUT2D eigenvalue weighted by molar-refractivity contribution is 7.65. The molecule has 31 heteroatoms. The van der Waals surface area contributed by atoms with Gasteiger partial charge in [0.15, 0.2) is 23.5 Å². The predicted molar refractivity (Wildman–Crippen MR) is 161 cm³/mol. The fourth-order valence-corrected chi connectivity index (χ4v) is 8.98. The number of nitrogen functional groups attached to an aromatic ring is 2. The summed E-state index contributed by atoms with van der Waals surface area (Å²) in [6.45, 7) is -2.25. The summed E-state index contributed by atoms with van der Waals surface area (Å²) < 4.78 is 73.3. The topological polar surface area (TPSA) is 413 Å². The first kappa shape index (κ1) is 39.1. The summed E-state index contributed by atoms with van der Waals surface area (Å²) >= 11 is 0. The Morgan fingerprint density at radius 3 is 2.17 bits per heavy atom. The summed E-state index contributed by atoms with van der Waals surface area (Å²) in [5, 5.41) is 31.8. The normalized spacial score (nSPS) is 30.4. The van der Waals surface area contributed by atoms with E-state index in [4.69, 9.17) is 25.7 Å². The second-order valence-corrected chi connectivity index (χ2v) is 15.8. The van der Waals surface area contributed by atoms with Crippen molar-refractivity contribution in [3.8, 4) is 0 Å². The highest BCUT2D eigenvalue weighted by Gasteiger charge is 2.54. The third kappa shape index (κ3) is 7.82. The maximum absolute atomic E-state index is 12.4. The molecule has 0 spiro atoms. The van der Waals surface area contributed by atoms with E-state index in [1.165, 1.54) is 11.6 Å². The fraction of sp³-hybridized carbons (Fsp3) is 0.545. The molecule has 3 aromatic heterocycles.